The molecule has 1 fully saturated rings. The van der Waals surface area contributed by atoms with E-state index in [0.717, 1.165) is 21.0 Å². The normalized spacial score (nSPS) is 14.8. The quantitative estimate of drug-likeness (QED) is 0.671. The number of aromatic nitrogens is 2. The van der Waals surface area contributed by atoms with E-state index >= 15 is 0 Å². The Morgan fingerprint density at radius 3 is 2.77 bits per heavy atom. The third kappa shape index (κ3) is 3.14. The maximum atomic E-state index is 12.8. The SMILES string of the molecule is Cc1cc(Br)c(O)c(C(=O)N2CCN(c3nc4cccnc4s3)CC2)c1. The Labute approximate surface area is 163 Å². The average Bonchev–Trinajstić information content (AvgIpc) is 3.08. The van der Waals surface area contributed by atoms with Crippen molar-refractivity contribution in [1.29, 1.82) is 0 Å². The van der Waals surface area contributed by atoms with Gasteiger partial charge in [-0.25, -0.2) is 9.97 Å². The van der Waals surface area contributed by atoms with E-state index in [4.69, 9.17) is 0 Å². The van der Waals surface area contributed by atoms with Gasteiger partial charge in [-0.05, 0) is 52.7 Å². The maximum Gasteiger partial charge on any atom is 0.257 e. The largest absolute Gasteiger partial charge is 0.506 e. The smallest absolute Gasteiger partial charge is 0.257 e. The fourth-order valence-electron chi connectivity index (χ4n) is 3.06. The van der Waals surface area contributed by atoms with Gasteiger partial charge < -0.3 is 14.9 Å². The number of rotatable bonds is 2. The molecule has 1 aromatic carbocycles. The number of phenolic OH excluding ortho intramolecular Hbond substituents is 1. The van der Waals surface area contributed by atoms with Crippen LogP contribution in [-0.4, -0.2) is 52.1 Å². The van der Waals surface area contributed by atoms with Crippen LogP contribution in [0, 0.1) is 6.92 Å². The maximum absolute atomic E-state index is 12.8. The predicted octanol–water partition coefficient (Wildman–Crippen LogP) is 3.43. The van der Waals surface area contributed by atoms with E-state index in [0.29, 0.717) is 36.2 Å². The van der Waals surface area contributed by atoms with Gasteiger partial charge in [-0.15, -0.1) is 0 Å². The molecule has 0 bridgehead atoms. The number of halogens is 1. The van der Waals surface area contributed by atoms with Crippen LogP contribution in [0.15, 0.2) is 34.9 Å². The van der Waals surface area contributed by atoms with Crippen molar-refractivity contribution < 1.29 is 9.90 Å². The second-order valence-corrected chi connectivity index (χ2v) is 8.06. The van der Waals surface area contributed by atoms with Crippen molar-refractivity contribution in [3.8, 4) is 5.75 Å². The third-order valence-corrected chi connectivity index (χ3v) is 6.08. The number of benzene rings is 1. The van der Waals surface area contributed by atoms with Gasteiger partial charge in [0.25, 0.3) is 5.91 Å². The first-order chi connectivity index (χ1) is 12.5. The molecule has 8 heteroatoms. The van der Waals surface area contributed by atoms with Crippen LogP contribution in [-0.2, 0) is 0 Å². The number of piperazine rings is 1. The van der Waals surface area contributed by atoms with E-state index in [1.807, 2.05) is 19.1 Å². The van der Waals surface area contributed by atoms with Gasteiger partial charge in [0.1, 0.15) is 16.1 Å². The highest BCUT2D eigenvalue weighted by atomic mass is 79.9. The van der Waals surface area contributed by atoms with Gasteiger partial charge in [0, 0.05) is 32.4 Å². The fraction of sp³-hybridized carbons (Fsp3) is 0.278. The third-order valence-electron chi connectivity index (χ3n) is 4.43. The highest BCUT2D eigenvalue weighted by Crippen LogP contribution is 2.31. The monoisotopic (exact) mass is 432 g/mol. The number of fused-ring (bicyclic) bond motifs is 1. The van der Waals surface area contributed by atoms with Gasteiger partial charge in [0.15, 0.2) is 5.13 Å². The lowest BCUT2D eigenvalue weighted by Gasteiger charge is -2.34. The number of phenols is 1. The van der Waals surface area contributed by atoms with Crippen LogP contribution >= 0.6 is 27.3 Å². The second kappa shape index (κ2) is 6.85. The molecule has 0 atom stereocenters. The van der Waals surface area contributed by atoms with Crippen molar-refractivity contribution in [3.63, 3.8) is 0 Å². The minimum atomic E-state index is -0.141. The molecule has 0 saturated carbocycles. The lowest BCUT2D eigenvalue weighted by molar-refractivity contribution is 0.0743. The Hall–Kier alpha value is -2.19. The minimum Gasteiger partial charge on any atom is -0.506 e. The molecule has 6 nitrogen and oxygen atoms in total. The number of aromatic hydroxyl groups is 1. The van der Waals surface area contributed by atoms with Crippen LogP contribution in [0.3, 0.4) is 0 Å². The van der Waals surface area contributed by atoms with Crippen LogP contribution in [0.2, 0.25) is 0 Å². The summed E-state index contributed by atoms with van der Waals surface area (Å²) in [4.78, 5) is 26.7. The van der Waals surface area contributed by atoms with Crippen LogP contribution in [0.4, 0.5) is 5.13 Å². The summed E-state index contributed by atoms with van der Waals surface area (Å²) in [6.45, 7) is 4.50. The average molecular weight is 433 g/mol. The van der Waals surface area contributed by atoms with E-state index in [1.54, 1.807) is 34.6 Å². The predicted molar refractivity (Wildman–Crippen MR) is 106 cm³/mol. The highest BCUT2D eigenvalue weighted by Gasteiger charge is 2.26. The number of hydrogen-bond acceptors (Lipinski definition) is 6. The number of thiazole rings is 1. The molecule has 0 aliphatic carbocycles. The molecule has 3 aromatic rings. The van der Waals surface area contributed by atoms with E-state index < -0.39 is 0 Å². The molecule has 0 unspecified atom stereocenters. The molecule has 1 N–H and O–H groups in total. The van der Waals surface area contributed by atoms with Crippen molar-refractivity contribution in [2.75, 3.05) is 31.1 Å². The summed E-state index contributed by atoms with van der Waals surface area (Å²) in [5.74, 6) is -0.141. The molecule has 1 aliphatic rings. The minimum absolute atomic E-state index is 0.000257. The standard InChI is InChI=1S/C18H17BrN4O2S/c1-11-9-12(15(24)13(19)10-11)17(25)22-5-7-23(8-6-22)18-21-14-3-2-4-20-16(14)26-18/h2-4,9-10,24H,5-8H2,1H3. The zero-order chi connectivity index (χ0) is 18.3. The van der Waals surface area contributed by atoms with Crippen LogP contribution in [0.5, 0.6) is 5.75 Å². The van der Waals surface area contributed by atoms with E-state index in [9.17, 15) is 9.90 Å². The fourth-order valence-corrected chi connectivity index (χ4v) is 4.60. The number of carbonyl (C=O) groups is 1. The molecular weight excluding hydrogens is 416 g/mol. The first-order valence-electron chi connectivity index (χ1n) is 8.28. The van der Waals surface area contributed by atoms with E-state index in [-0.39, 0.29) is 11.7 Å². The number of pyridine rings is 1. The van der Waals surface area contributed by atoms with E-state index in [2.05, 4.69) is 30.8 Å². The van der Waals surface area contributed by atoms with Gasteiger partial charge in [0.05, 0.1) is 10.0 Å². The van der Waals surface area contributed by atoms with Gasteiger partial charge >= 0.3 is 0 Å². The van der Waals surface area contributed by atoms with Crippen LogP contribution in [0.25, 0.3) is 10.3 Å². The Balaban J connectivity index is 1.49. The number of nitrogens with zero attached hydrogens (tertiary/aromatic N) is 4. The first kappa shape index (κ1) is 17.2. The molecule has 134 valence electrons. The number of carbonyl (C=O) groups excluding carboxylic acids is 1. The zero-order valence-corrected chi connectivity index (χ0v) is 16.5. The summed E-state index contributed by atoms with van der Waals surface area (Å²) in [5, 5.41) is 11.2. The van der Waals surface area contributed by atoms with Gasteiger partial charge in [0.2, 0.25) is 0 Å². The zero-order valence-electron chi connectivity index (χ0n) is 14.1. The lowest BCUT2D eigenvalue weighted by Crippen LogP contribution is -2.48. The summed E-state index contributed by atoms with van der Waals surface area (Å²) in [5.41, 5.74) is 2.17. The van der Waals surface area contributed by atoms with Gasteiger partial charge in [-0.2, -0.15) is 0 Å². The first-order valence-corrected chi connectivity index (χ1v) is 9.89. The Bertz CT molecular complexity index is 949. The molecule has 4 rings (SSSR count). The summed E-state index contributed by atoms with van der Waals surface area (Å²) in [6.07, 6.45) is 1.77. The molecule has 26 heavy (non-hydrogen) atoms. The van der Waals surface area contributed by atoms with Gasteiger partial charge in [-0.1, -0.05) is 11.3 Å². The van der Waals surface area contributed by atoms with Crippen LogP contribution in [0.1, 0.15) is 15.9 Å². The molecule has 0 radical (unpaired) electrons. The summed E-state index contributed by atoms with van der Waals surface area (Å²) < 4.78 is 0.543. The molecule has 1 amide bonds. The van der Waals surface area contributed by atoms with Crippen molar-refractivity contribution in [2.45, 2.75) is 6.92 Å². The number of amides is 1. The van der Waals surface area contributed by atoms with Crippen molar-refractivity contribution in [3.05, 3.63) is 46.1 Å². The summed E-state index contributed by atoms with van der Waals surface area (Å²) in [7, 11) is 0. The number of hydrogen-bond donors (Lipinski definition) is 1. The topological polar surface area (TPSA) is 69.6 Å². The number of aryl methyl sites for hydroxylation is 1. The van der Waals surface area contributed by atoms with Crippen molar-refractivity contribution in [2.24, 2.45) is 0 Å². The van der Waals surface area contributed by atoms with Crippen LogP contribution < -0.4 is 4.90 Å². The Morgan fingerprint density at radius 1 is 1.27 bits per heavy atom. The Morgan fingerprint density at radius 2 is 2.04 bits per heavy atom. The van der Waals surface area contributed by atoms with E-state index in [1.165, 1.54) is 0 Å². The molecule has 2 aromatic heterocycles. The molecule has 3 heterocycles. The second-order valence-electron chi connectivity index (χ2n) is 6.25. The van der Waals surface area contributed by atoms with Crippen molar-refractivity contribution in [1.82, 2.24) is 14.9 Å². The molecule has 1 saturated heterocycles. The lowest BCUT2D eigenvalue weighted by atomic mass is 10.1. The van der Waals surface area contributed by atoms with Crippen molar-refractivity contribution >= 4 is 48.7 Å². The molecule has 1 aliphatic heterocycles. The molecular formula is C18H17BrN4O2S. The Kier molecular flexibility index (Phi) is 4.54. The summed E-state index contributed by atoms with van der Waals surface area (Å²) in [6, 6.07) is 7.37. The number of anilines is 1. The highest BCUT2D eigenvalue weighted by molar-refractivity contribution is 9.10. The molecule has 0 spiro atoms. The van der Waals surface area contributed by atoms with Gasteiger partial charge in [-0.3, -0.25) is 4.79 Å². The summed E-state index contributed by atoms with van der Waals surface area (Å²) >= 11 is 4.87.